The second-order valence-electron chi connectivity index (χ2n) is 7.51. The number of nitrogens with zero attached hydrogens (tertiary/aromatic N) is 1. The van der Waals surface area contributed by atoms with Crippen molar-refractivity contribution in [2.45, 2.75) is 36.3 Å². The van der Waals surface area contributed by atoms with Crippen molar-refractivity contribution in [2.75, 3.05) is 26.0 Å². The number of aliphatic imine (C=N–C) groups is 1. The number of carbonyl (C=O) groups excluding carboxylic acids is 1. The maximum Gasteiger partial charge on any atom is 0.251 e. The van der Waals surface area contributed by atoms with Gasteiger partial charge >= 0.3 is 0 Å². The van der Waals surface area contributed by atoms with E-state index in [2.05, 4.69) is 10.3 Å². The first kappa shape index (κ1) is 23.7. The zero-order chi connectivity index (χ0) is 23.2. The summed E-state index contributed by atoms with van der Waals surface area (Å²) in [7, 11) is -2.09. The number of aliphatic hydroxyl groups is 1. The molecule has 0 spiro atoms. The van der Waals surface area contributed by atoms with Crippen LogP contribution < -0.4 is 10.1 Å². The topological polar surface area (TPSA) is 114 Å². The van der Waals surface area contributed by atoms with Crippen LogP contribution in [-0.4, -0.2) is 63.0 Å². The lowest BCUT2D eigenvalue weighted by Crippen LogP contribution is -2.50. The van der Waals surface area contributed by atoms with Gasteiger partial charge in [-0.1, -0.05) is 18.2 Å². The minimum Gasteiger partial charge on any atom is -0.494 e. The smallest absolute Gasteiger partial charge is 0.251 e. The van der Waals surface area contributed by atoms with E-state index in [-0.39, 0.29) is 29.6 Å². The molecule has 0 bridgehead atoms. The number of hydrogen-bond donors (Lipinski definition) is 2. The van der Waals surface area contributed by atoms with E-state index in [1.54, 1.807) is 49.4 Å². The molecule has 1 aliphatic heterocycles. The van der Waals surface area contributed by atoms with E-state index in [1.807, 2.05) is 0 Å². The van der Waals surface area contributed by atoms with Crippen LogP contribution in [0.4, 0.5) is 0 Å². The number of nitrogens with one attached hydrogen (secondary N) is 1. The maximum absolute atomic E-state index is 12.8. The number of benzene rings is 2. The molecule has 0 saturated heterocycles. The number of amides is 1. The largest absolute Gasteiger partial charge is 0.494 e. The van der Waals surface area contributed by atoms with Crippen LogP contribution in [0.3, 0.4) is 0 Å². The molecule has 2 atom stereocenters. The summed E-state index contributed by atoms with van der Waals surface area (Å²) in [5.74, 6) is 0.278. The van der Waals surface area contributed by atoms with E-state index in [4.69, 9.17) is 14.6 Å². The molecule has 0 aliphatic carbocycles. The number of carbonyl (C=O) groups is 1. The zero-order valence-electron chi connectivity index (χ0n) is 18.2. The minimum atomic E-state index is -3.59. The van der Waals surface area contributed by atoms with Gasteiger partial charge in [-0.2, -0.15) is 0 Å². The van der Waals surface area contributed by atoms with Gasteiger partial charge in [-0.3, -0.25) is 4.79 Å². The molecule has 2 N–H and O–H groups in total. The van der Waals surface area contributed by atoms with Crippen molar-refractivity contribution in [3.05, 3.63) is 60.2 Å². The van der Waals surface area contributed by atoms with Crippen molar-refractivity contribution in [3.63, 3.8) is 0 Å². The Bertz CT molecular complexity index is 1050. The monoisotopic (exact) mass is 460 g/mol. The fraction of sp³-hybridized carbons (Fsp3) is 0.391. The van der Waals surface area contributed by atoms with Crippen LogP contribution in [0, 0.1) is 0 Å². The van der Waals surface area contributed by atoms with Crippen molar-refractivity contribution in [1.82, 2.24) is 5.32 Å². The molecule has 0 fully saturated rings. The average molecular weight is 461 g/mol. The summed E-state index contributed by atoms with van der Waals surface area (Å²) in [5.41, 5.74) is -0.703. The first-order chi connectivity index (χ1) is 15.3. The SMILES string of the molecule is CNC(=O)[C@]1(CCS(=O)(=O)c2ccccc2)N=C(c2ccc(OCCCO)cc2)O[C@@H]1C. The molecule has 0 unspecified atom stereocenters. The summed E-state index contributed by atoms with van der Waals surface area (Å²) in [6.07, 6.45) is -0.129. The van der Waals surface area contributed by atoms with Crippen molar-refractivity contribution in [1.29, 1.82) is 0 Å². The Morgan fingerprint density at radius 2 is 1.88 bits per heavy atom. The van der Waals surface area contributed by atoms with Gasteiger partial charge in [0.2, 0.25) is 5.90 Å². The Morgan fingerprint density at radius 3 is 2.50 bits per heavy atom. The number of sulfone groups is 1. The number of hydrogen-bond acceptors (Lipinski definition) is 7. The third-order valence-corrected chi connectivity index (χ3v) is 7.14. The van der Waals surface area contributed by atoms with E-state index in [0.717, 1.165) is 0 Å². The van der Waals surface area contributed by atoms with E-state index >= 15 is 0 Å². The first-order valence-electron chi connectivity index (χ1n) is 10.4. The average Bonchev–Trinajstić information content (AvgIpc) is 3.16. The predicted molar refractivity (Wildman–Crippen MR) is 121 cm³/mol. The van der Waals surface area contributed by atoms with Gasteiger partial charge in [0.05, 0.1) is 17.3 Å². The van der Waals surface area contributed by atoms with Crippen LogP contribution in [-0.2, 0) is 19.4 Å². The molecule has 0 aromatic heterocycles. The highest BCUT2D eigenvalue weighted by Gasteiger charge is 2.50. The molecule has 172 valence electrons. The van der Waals surface area contributed by atoms with Crippen LogP contribution >= 0.6 is 0 Å². The lowest BCUT2D eigenvalue weighted by molar-refractivity contribution is -0.128. The highest BCUT2D eigenvalue weighted by Crippen LogP contribution is 2.33. The Balaban J connectivity index is 1.83. The lowest BCUT2D eigenvalue weighted by atomic mass is 9.90. The molecule has 3 rings (SSSR count). The summed E-state index contributed by atoms with van der Waals surface area (Å²) in [4.78, 5) is 17.6. The molecule has 8 nitrogen and oxygen atoms in total. The zero-order valence-corrected chi connectivity index (χ0v) is 19.0. The highest BCUT2D eigenvalue weighted by atomic mass is 32.2. The van der Waals surface area contributed by atoms with Crippen LogP contribution in [0.5, 0.6) is 5.75 Å². The Hall–Kier alpha value is -2.91. The van der Waals surface area contributed by atoms with Crippen molar-refractivity contribution in [2.24, 2.45) is 4.99 Å². The van der Waals surface area contributed by atoms with Crippen molar-refractivity contribution >= 4 is 21.6 Å². The maximum atomic E-state index is 12.8. The fourth-order valence-corrected chi connectivity index (χ4v) is 4.89. The fourth-order valence-electron chi connectivity index (χ4n) is 3.50. The molecule has 9 heteroatoms. The molecular formula is C23H28N2O6S. The predicted octanol–water partition coefficient (Wildman–Crippen LogP) is 1.96. The Morgan fingerprint density at radius 1 is 1.19 bits per heavy atom. The van der Waals surface area contributed by atoms with Gasteiger partial charge in [0.25, 0.3) is 5.91 Å². The van der Waals surface area contributed by atoms with Crippen LogP contribution in [0.1, 0.15) is 25.3 Å². The van der Waals surface area contributed by atoms with Crippen molar-refractivity contribution < 1.29 is 27.8 Å². The van der Waals surface area contributed by atoms with E-state index in [9.17, 15) is 13.2 Å². The molecule has 1 amide bonds. The molecule has 1 aliphatic rings. The summed E-state index contributed by atoms with van der Waals surface area (Å²) in [6, 6.07) is 15.2. The van der Waals surface area contributed by atoms with Gasteiger partial charge in [0.15, 0.2) is 15.4 Å². The van der Waals surface area contributed by atoms with Gasteiger partial charge in [-0.15, -0.1) is 0 Å². The lowest BCUT2D eigenvalue weighted by Gasteiger charge is -2.27. The summed E-state index contributed by atoms with van der Waals surface area (Å²) in [6.45, 7) is 2.18. The van der Waals surface area contributed by atoms with E-state index in [0.29, 0.717) is 24.3 Å². The van der Waals surface area contributed by atoms with Crippen LogP contribution in [0.2, 0.25) is 0 Å². The number of aliphatic hydroxyl groups excluding tert-OH is 1. The van der Waals surface area contributed by atoms with Crippen LogP contribution in [0.15, 0.2) is 64.5 Å². The normalized spacial score (nSPS) is 20.3. The van der Waals surface area contributed by atoms with E-state index in [1.165, 1.54) is 19.2 Å². The van der Waals surface area contributed by atoms with Gasteiger partial charge < -0.3 is 19.9 Å². The Labute approximate surface area is 188 Å². The second kappa shape index (κ2) is 10.1. The van der Waals surface area contributed by atoms with Gasteiger partial charge in [0, 0.05) is 25.6 Å². The Kier molecular flexibility index (Phi) is 7.52. The molecule has 2 aromatic carbocycles. The summed E-state index contributed by atoms with van der Waals surface area (Å²) >= 11 is 0. The number of likely N-dealkylation sites (N-methyl/N-ethyl adjacent to an activating group) is 1. The third kappa shape index (κ3) is 5.11. The highest BCUT2D eigenvalue weighted by molar-refractivity contribution is 7.91. The summed E-state index contributed by atoms with van der Waals surface area (Å²) < 4.78 is 37.0. The quantitative estimate of drug-likeness (QED) is 0.524. The molecule has 0 saturated carbocycles. The minimum absolute atomic E-state index is 0.0169. The molecule has 1 heterocycles. The second-order valence-corrected chi connectivity index (χ2v) is 9.62. The van der Waals surface area contributed by atoms with E-state index < -0.39 is 27.4 Å². The first-order valence-corrected chi connectivity index (χ1v) is 12.1. The molecular weight excluding hydrogens is 432 g/mol. The van der Waals surface area contributed by atoms with Crippen LogP contribution in [0.25, 0.3) is 0 Å². The van der Waals surface area contributed by atoms with Crippen molar-refractivity contribution in [3.8, 4) is 5.75 Å². The van der Waals surface area contributed by atoms with Gasteiger partial charge in [-0.25, -0.2) is 13.4 Å². The third-order valence-electron chi connectivity index (χ3n) is 5.41. The van der Waals surface area contributed by atoms with Gasteiger partial charge in [-0.05, 0) is 49.7 Å². The molecule has 2 aromatic rings. The number of ether oxygens (including phenoxy) is 2. The molecule has 0 radical (unpaired) electrons. The standard InChI is InChI=1S/C23H28N2O6S/c1-17-23(22(27)24-2,13-16-32(28,29)20-7-4-3-5-8-20)25-21(31-17)18-9-11-19(12-10-18)30-15-6-14-26/h3-5,7-12,17,26H,6,13-16H2,1-2H3,(H,24,27)/t17-,23-/m1/s1. The van der Waals surface area contributed by atoms with Gasteiger partial charge in [0.1, 0.15) is 11.9 Å². The summed E-state index contributed by atoms with van der Waals surface area (Å²) in [5, 5.41) is 11.4. The number of rotatable bonds is 10. The molecule has 32 heavy (non-hydrogen) atoms.